The van der Waals surface area contributed by atoms with Crippen molar-refractivity contribution in [3.05, 3.63) is 77.8 Å². The molecule has 0 saturated heterocycles. The third-order valence-corrected chi connectivity index (χ3v) is 3.48. The maximum Gasteiger partial charge on any atom is 0.374 e. The number of hydrogen-bond donors (Lipinski definition) is 1. The van der Waals surface area contributed by atoms with Gasteiger partial charge < -0.3 is 14.5 Å². The topological polar surface area (TPSA) is 86.4 Å². The molecule has 3 rings (SSSR count). The Morgan fingerprint density at radius 2 is 2.00 bits per heavy atom. The molecule has 0 aliphatic rings. The van der Waals surface area contributed by atoms with Gasteiger partial charge in [0.25, 0.3) is 5.91 Å². The Labute approximate surface area is 148 Å². The van der Waals surface area contributed by atoms with Crippen LogP contribution in [0.1, 0.15) is 21.9 Å². The number of esters is 1. The fraction of sp³-hybridized carbons (Fsp3) is 0.167. The summed E-state index contributed by atoms with van der Waals surface area (Å²) in [6.45, 7) is 0.166. The number of nitrogens with one attached hydrogen (secondary N) is 1. The molecule has 3 aromatic rings. The van der Waals surface area contributed by atoms with Crippen molar-refractivity contribution in [3.63, 3.8) is 0 Å². The van der Waals surface area contributed by atoms with Crippen LogP contribution in [0.2, 0.25) is 0 Å². The number of ether oxygens (including phenoxy) is 1. The number of amides is 1. The van der Waals surface area contributed by atoms with Crippen LogP contribution < -0.4 is 5.32 Å². The molecular weight excluding hydrogens is 341 g/mol. The highest BCUT2D eigenvalue weighted by molar-refractivity contribution is 5.88. The molecule has 1 aromatic carbocycles. The summed E-state index contributed by atoms with van der Waals surface area (Å²) in [5.41, 5.74) is 0.736. The van der Waals surface area contributed by atoms with Gasteiger partial charge in [-0.05, 0) is 35.9 Å². The lowest BCUT2D eigenvalue weighted by atomic mass is 10.2. The summed E-state index contributed by atoms with van der Waals surface area (Å²) >= 11 is 0. The van der Waals surface area contributed by atoms with Crippen LogP contribution in [-0.4, -0.2) is 28.3 Å². The Morgan fingerprint density at radius 3 is 2.73 bits per heavy atom. The third kappa shape index (κ3) is 4.79. The number of carbonyl (C=O) groups excluding carboxylic acids is 2. The SMILES string of the molecule is O=C(COC(=O)c1ccc(Cn2cccn2)o1)NCc1ccc(F)cc1. The van der Waals surface area contributed by atoms with E-state index in [0.29, 0.717) is 12.3 Å². The molecule has 0 bridgehead atoms. The largest absolute Gasteiger partial charge is 0.452 e. The van der Waals surface area contributed by atoms with E-state index in [9.17, 15) is 14.0 Å². The predicted molar refractivity (Wildman–Crippen MR) is 88.6 cm³/mol. The lowest BCUT2D eigenvalue weighted by molar-refractivity contribution is -0.124. The van der Waals surface area contributed by atoms with Crippen molar-refractivity contribution < 1.29 is 23.1 Å². The first-order valence-corrected chi connectivity index (χ1v) is 7.84. The standard InChI is InChI=1S/C18H16FN3O4/c19-14-4-2-13(3-5-14)10-20-17(23)12-25-18(24)16-7-6-15(26-16)11-22-9-1-8-21-22/h1-9H,10-12H2,(H,20,23). The number of carbonyl (C=O) groups is 2. The van der Waals surface area contributed by atoms with E-state index in [1.807, 2.05) is 0 Å². The van der Waals surface area contributed by atoms with E-state index in [-0.39, 0.29) is 18.1 Å². The molecular formula is C18H16FN3O4. The Kier molecular flexibility index (Phi) is 5.43. The molecule has 1 amide bonds. The van der Waals surface area contributed by atoms with Gasteiger partial charge in [-0.25, -0.2) is 9.18 Å². The van der Waals surface area contributed by atoms with Crippen molar-refractivity contribution in [2.75, 3.05) is 6.61 Å². The first kappa shape index (κ1) is 17.4. The Balaban J connectivity index is 1.43. The summed E-state index contributed by atoms with van der Waals surface area (Å²) < 4.78 is 24.8. The molecule has 0 atom stereocenters. The molecule has 0 radical (unpaired) electrons. The second-order valence-electron chi connectivity index (χ2n) is 5.45. The molecule has 0 fully saturated rings. The normalized spacial score (nSPS) is 10.5. The highest BCUT2D eigenvalue weighted by Gasteiger charge is 2.15. The number of halogens is 1. The molecule has 2 aromatic heterocycles. The summed E-state index contributed by atoms with van der Waals surface area (Å²) in [7, 11) is 0. The van der Waals surface area contributed by atoms with Crippen LogP contribution in [0.3, 0.4) is 0 Å². The average Bonchev–Trinajstić information content (AvgIpc) is 3.32. The van der Waals surface area contributed by atoms with Crippen molar-refractivity contribution in [2.24, 2.45) is 0 Å². The van der Waals surface area contributed by atoms with E-state index in [1.54, 1.807) is 41.3 Å². The summed E-state index contributed by atoms with van der Waals surface area (Å²) in [4.78, 5) is 23.6. The number of aromatic nitrogens is 2. The zero-order valence-corrected chi connectivity index (χ0v) is 13.7. The summed E-state index contributed by atoms with van der Waals surface area (Å²) in [6, 6.07) is 10.6. The van der Waals surface area contributed by atoms with Crippen LogP contribution in [0.25, 0.3) is 0 Å². The number of furan rings is 1. The molecule has 0 aliphatic heterocycles. The van der Waals surface area contributed by atoms with Crippen molar-refractivity contribution in [1.29, 1.82) is 0 Å². The van der Waals surface area contributed by atoms with Gasteiger partial charge in [0, 0.05) is 18.9 Å². The monoisotopic (exact) mass is 357 g/mol. The highest BCUT2D eigenvalue weighted by atomic mass is 19.1. The molecule has 2 heterocycles. The summed E-state index contributed by atoms with van der Waals surface area (Å²) in [5, 5.41) is 6.62. The number of rotatable bonds is 7. The first-order chi connectivity index (χ1) is 12.6. The molecule has 8 heteroatoms. The number of hydrogen-bond acceptors (Lipinski definition) is 5. The molecule has 0 unspecified atom stereocenters. The van der Waals surface area contributed by atoms with Crippen LogP contribution >= 0.6 is 0 Å². The molecule has 1 N–H and O–H groups in total. The Hall–Kier alpha value is -3.42. The predicted octanol–water partition coefficient (Wildman–Crippen LogP) is 2.14. The van der Waals surface area contributed by atoms with Gasteiger partial charge in [0.05, 0.1) is 6.54 Å². The van der Waals surface area contributed by atoms with E-state index in [2.05, 4.69) is 10.4 Å². The Morgan fingerprint density at radius 1 is 1.19 bits per heavy atom. The molecule has 0 aliphatic carbocycles. The third-order valence-electron chi connectivity index (χ3n) is 3.48. The Bertz CT molecular complexity index is 872. The maximum absolute atomic E-state index is 12.8. The zero-order chi connectivity index (χ0) is 18.4. The second-order valence-corrected chi connectivity index (χ2v) is 5.45. The quantitative estimate of drug-likeness (QED) is 0.655. The van der Waals surface area contributed by atoms with Crippen molar-refractivity contribution in [1.82, 2.24) is 15.1 Å². The minimum absolute atomic E-state index is 0.0125. The van der Waals surface area contributed by atoms with Crippen molar-refractivity contribution in [2.45, 2.75) is 13.1 Å². The molecule has 7 nitrogen and oxygen atoms in total. The highest BCUT2D eigenvalue weighted by Crippen LogP contribution is 2.10. The van der Waals surface area contributed by atoms with Gasteiger partial charge in [0.2, 0.25) is 5.76 Å². The molecule has 134 valence electrons. The van der Waals surface area contributed by atoms with Crippen molar-refractivity contribution in [3.8, 4) is 0 Å². The summed E-state index contributed by atoms with van der Waals surface area (Å²) in [5.74, 6) is -0.987. The fourth-order valence-electron chi connectivity index (χ4n) is 2.18. The van der Waals surface area contributed by atoms with Crippen LogP contribution in [0.4, 0.5) is 4.39 Å². The number of nitrogens with zero attached hydrogens (tertiary/aromatic N) is 2. The van der Waals surface area contributed by atoms with Gasteiger partial charge in [-0.1, -0.05) is 12.1 Å². The lowest BCUT2D eigenvalue weighted by Crippen LogP contribution is -2.28. The van der Waals surface area contributed by atoms with Crippen LogP contribution in [0.5, 0.6) is 0 Å². The zero-order valence-electron chi connectivity index (χ0n) is 13.7. The maximum atomic E-state index is 12.8. The summed E-state index contributed by atoms with van der Waals surface area (Å²) in [6.07, 6.45) is 3.41. The van der Waals surface area contributed by atoms with Gasteiger partial charge in [-0.2, -0.15) is 5.10 Å². The molecule has 0 spiro atoms. The van der Waals surface area contributed by atoms with E-state index in [4.69, 9.17) is 9.15 Å². The van der Waals surface area contributed by atoms with E-state index in [1.165, 1.54) is 18.2 Å². The first-order valence-electron chi connectivity index (χ1n) is 7.84. The smallest absolute Gasteiger partial charge is 0.374 e. The lowest BCUT2D eigenvalue weighted by Gasteiger charge is -2.06. The van der Waals surface area contributed by atoms with Gasteiger partial charge in [0.1, 0.15) is 11.6 Å². The van der Waals surface area contributed by atoms with Crippen molar-refractivity contribution >= 4 is 11.9 Å². The van der Waals surface area contributed by atoms with Crippen LogP contribution in [0, 0.1) is 5.82 Å². The minimum Gasteiger partial charge on any atom is -0.452 e. The van der Waals surface area contributed by atoms with Gasteiger partial charge >= 0.3 is 5.97 Å². The van der Waals surface area contributed by atoms with Crippen LogP contribution in [0.15, 0.2) is 59.3 Å². The molecule has 26 heavy (non-hydrogen) atoms. The van der Waals surface area contributed by atoms with Crippen LogP contribution in [-0.2, 0) is 22.6 Å². The van der Waals surface area contributed by atoms with E-state index < -0.39 is 18.5 Å². The number of benzene rings is 1. The second kappa shape index (κ2) is 8.11. The van der Waals surface area contributed by atoms with E-state index in [0.717, 1.165) is 5.56 Å². The molecule has 0 saturated carbocycles. The van der Waals surface area contributed by atoms with Gasteiger partial charge in [-0.3, -0.25) is 9.48 Å². The fourth-order valence-corrected chi connectivity index (χ4v) is 2.18. The van der Waals surface area contributed by atoms with Gasteiger partial charge in [-0.15, -0.1) is 0 Å². The van der Waals surface area contributed by atoms with Gasteiger partial charge in [0.15, 0.2) is 6.61 Å². The minimum atomic E-state index is -0.728. The average molecular weight is 357 g/mol. The van der Waals surface area contributed by atoms with E-state index >= 15 is 0 Å².